The molecule has 2 heterocycles. The Morgan fingerprint density at radius 3 is 2.53 bits per heavy atom. The smallest absolute Gasteiger partial charge is 0.263 e. The number of fused-ring (bicyclic) bond motifs is 1. The average molecular weight is 260 g/mol. The van der Waals surface area contributed by atoms with Gasteiger partial charge in [-0.15, -0.1) is 0 Å². The molecule has 1 aliphatic carbocycles. The van der Waals surface area contributed by atoms with E-state index in [-0.39, 0.29) is 0 Å². The van der Waals surface area contributed by atoms with Crippen LogP contribution in [0.15, 0.2) is 4.52 Å². The van der Waals surface area contributed by atoms with Gasteiger partial charge in [-0.3, -0.25) is 0 Å². The standard InChI is InChI=1S/C14H20N4O/c1-9-12-13(15-10(2)16-14(12)19-18-9)17-11-7-5-3-4-6-8-11/h11H,3-8H2,1-2H3,(H,15,16,17). The summed E-state index contributed by atoms with van der Waals surface area (Å²) in [5.41, 5.74) is 1.44. The molecule has 19 heavy (non-hydrogen) atoms. The molecule has 0 saturated heterocycles. The van der Waals surface area contributed by atoms with Crippen molar-refractivity contribution in [1.82, 2.24) is 15.1 Å². The highest BCUT2D eigenvalue weighted by Crippen LogP contribution is 2.27. The highest BCUT2D eigenvalue weighted by atomic mass is 16.5. The number of anilines is 1. The van der Waals surface area contributed by atoms with Gasteiger partial charge in [0.15, 0.2) is 0 Å². The van der Waals surface area contributed by atoms with E-state index < -0.39 is 0 Å². The van der Waals surface area contributed by atoms with Gasteiger partial charge in [0, 0.05) is 6.04 Å². The number of aryl methyl sites for hydroxylation is 2. The van der Waals surface area contributed by atoms with Gasteiger partial charge in [0.25, 0.3) is 5.71 Å². The van der Waals surface area contributed by atoms with Crippen molar-refractivity contribution in [3.63, 3.8) is 0 Å². The van der Waals surface area contributed by atoms with Crippen molar-refractivity contribution in [2.24, 2.45) is 0 Å². The number of aromatic nitrogens is 3. The molecule has 0 aliphatic heterocycles. The summed E-state index contributed by atoms with van der Waals surface area (Å²) < 4.78 is 5.24. The van der Waals surface area contributed by atoms with Gasteiger partial charge in [0.1, 0.15) is 17.0 Å². The molecule has 0 aromatic carbocycles. The van der Waals surface area contributed by atoms with Crippen LogP contribution in [0.25, 0.3) is 11.1 Å². The lowest BCUT2D eigenvalue weighted by Gasteiger charge is -2.17. The van der Waals surface area contributed by atoms with Gasteiger partial charge in [-0.1, -0.05) is 30.8 Å². The Morgan fingerprint density at radius 1 is 1.05 bits per heavy atom. The van der Waals surface area contributed by atoms with E-state index in [1.54, 1.807) is 0 Å². The van der Waals surface area contributed by atoms with Crippen molar-refractivity contribution in [2.45, 2.75) is 58.4 Å². The third kappa shape index (κ3) is 2.55. The molecule has 3 rings (SSSR count). The summed E-state index contributed by atoms with van der Waals surface area (Å²) in [6, 6.07) is 0.509. The molecule has 5 heteroatoms. The van der Waals surface area contributed by atoms with Crippen molar-refractivity contribution in [2.75, 3.05) is 5.32 Å². The zero-order chi connectivity index (χ0) is 13.2. The van der Waals surface area contributed by atoms with Crippen molar-refractivity contribution in [3.05, 3.63) is 11.5 Å². The minimum Gasteiger partial charge on any atom is -0.367 e. The highest BCUT2D eigenvalue weighted by molar-refractivity contribution is 5.87. The maximum absolute atomic E-state index is 5.24. The predicted octanol–water partition coefficient (Wildman–Crippen LogP) is 3.37. The largest absolute Gasteiger partial charge is 0.367 e. The Labute approximate surface area is 112 Å². The Morgan fingerprint density at radius 2 is 1.79 bits per heavy atom. The summed E-state index contributed by atoms with van der Waals surface area (Å²) in [6.45, 7) is 3.82. The summed E-state index contributed by atoms with van der Waals surface area (Å²) in [6.07, 6.45) is 7.73. The van der Waals surface area contributed by atoms with E-state index in [1.807, 2.05) is 13.8 Å². The maximum Gasteiger partial charge on any atom is 0.263 e. The van der Waals surface area contributed by atoms with Crippen molar-refractivity contribution in [3.8, 4) is 0 Å². The lowest BCUT2D eigenvalue weighted by atomic mass is 10.1. The van der Waals surface area contributed by atoms with Crippen LogP contribution in [-0.2, 0) is 0 Å². The van der Waals surface area contributed by atoms with Crippen molar-refractivity contribution in [1.29, 1.82) is 0 Å². The van der Waals surface area contributed by atoms with Crippen LogP contribution in [0, 0.1) is 13.8 Å². The van der Waals surface area contributed by atoms with Crippen LogP contribution in [0.2, 0.25) is 0 Å². The fourth-order valence-electron chi connectivity index (χ4n) is 2.82. The minimum absolute atomic E-state index is 0.509. The lowest BCUT2D eigenvalue weighted by molar-refractivity contribution is 0.442. The van der Waals surface area contributed by atoms with Crippen LogP contribution in [0.3, 0.4) is 0 Å². The topological polar surface area (TPSA) is 63.8 Å². The Bertz CT molecular complexity index is 570. The summed E-state index contributed by atoms with van der Waals surface area (Å²) in [5.74, 6) is 1.60. The van der Waals surface area contributed by atoms with E-state index in [2.05, 4.69) is 20.4 Å². The molecule has 1 fully saturated rings. The molecule has 0 unspecified atom stereocenters. The second kappa shape index (κ2) is 5.15. The molecule has 0 spiro atoms. The molecule has 2 aromatic rings. The molecule has 0 radical (unpaired) electrons. The zero-order valence-electron chi connectivity index (χ0n) is 11.6. The van der Waals surface area contributed by atoms with E-state index in [0.717, 1.165) is 22.7 Å². The van der Waals surface area contributed by atoms with Gasteiger partial charge in [-0.25, -0.2) is 4.98 Å². The number of rotatable bonds is 2. The Hall–Kier alpha value is -1.65. The van der Waals surface area contributed by atoms with Crippen LogP contribution in [0.1, 0.15) is 50.0 Å². The first-order valence-electron chi connectivity index (χ1n) is 7.11. The van der Waals surface area contributed by atoms with E-state index in [0.29, 0.717) is 11.8 Å². The minimum atomic E-state index is 0.509. The molecule has 2 aromatic heterocycles. The third-order valence-electron chi connectivity index (χ3n) is 3.81. The van der Waals surface area contributed by atoms with Crippen molar-refractivity contribution >= 4 is 16.9 Å². The van der Waals surface area contributed by atoms with Gasteiger partial charge in [0.05, 0.1) is 5.69 Å². The average Bonchev–Trinajstić information content (AvgIpc) is 2.61. The Kier molecular flexibility index (Phi) is 3.36. The van der Waals surface area contributed by atoms with E-state index in [1.165, 1.54) is 38.5 Å². The molecule has 102 valence electrons. The highest BCUT2D eigenvalue weighted by Gasteiger charge is 2.18. The Balaban J connectivity index is 1.92. The molecule has 5 nitrogen and oxygen atoms in total. The summed E-state index contributed by atoms with van der Waals surface area (Å²) in [7, 11) is 0. The zero-order valence-corrected chi connectivity index (χ0v) is 11.6. The summed E-state index contributed by atoms with van der Waals surface area (Å²) in [4.78, 5) is 8.83. The molecule has 1 aliphatic rings. The first-order chi connectivity index (χ1) is 9.24. The SMILES string of the molecule is Cc1nc(NC2CCCCCC2)c2c(C)noc2n1. The molecular weight excluding hydrogens is 240 g/mol. The molecule has 0 amide bonds. The summed E-state index contributed by atoms with van der Waals surface area (Å²) >= 11 is 0. The number of nitrogens with one attached hydrogen (secondary N) is 1. The quantitative estimate of drug-likeness (QED) is 0.839. The second-order valence-electron chi connectivity index (χ2n) is 5.40. The predicted molar refractivity (Wildman–Crippen MR) is 74.2 cm³/mol. The third-order valence-corrected chi connectivity index (χ3v) is 3.81. The van der Waals surface area contributed by atoms with Crippen LogP contribution in [0.4, 0.5) is 5.82 Å². The van der Waals surface area contributed by atoms with E-state index in [9.17, 15) is 0 Å². The maximum atomic E-state index is 5.24. The van der Waals surface area contributed by atoms with E-state index >= 15 is 0 Å². The van der Waals surface area contributed by atoms with Crippen LogP contribution >= 0.6 is 0 Å². The fourth-order valence-corrected chi connectivity index (χ4v) is 2.82. The van der Waals surface area contributed by atoms with E-state index in [4.69, 9.17) is 4.52 Å². The number of hydrogen-bond donors (Lipinski definition) is 1. The summed E-state index contributed by atoms with van der Waals surface area (Å²) in [5, 5.41) is 8.50. The van der Waals surface area contributed by atoms with Crippen LogP contribution < -0.4 is 5.32 Å². The first kappa shape index (κ1) is 12.4. The monoisotopic (exact) mass is 260 g/mol. The molecule has 1 N–H and O–H groups in total. The van der Waals surface area contributed by atoms with Crippen LogP contribution in [-0.4, -0.2) is 21.2 Å². The van der Waals surface area contributed by atoms with Crippen molar-refractivity contribution < 1.29 is 4.52 Å². The van der Waals surface area contributed by atoms with Crippen LogP contribution in [0.5, 0.6) is 0 Å². The van der Waals surface area contributed by atoms with Gasteiger partial charge in [-0.05, 0) is 26.7 Å². The molecule has 0 atom stereocenters. The van der Waals surface area contributed by atoms with Gasteiger partial charge >= 0.3 is 0 Å². The lowest BCUT2D eigenvalue weighted by Crippen LogP contribution is -2.19. The normalized spacial score (nSPS) is 17.6. The molecule has 1 saturated carbocycles. The van der Waals surface area contributed by atoms with Gasteiger partial charge < -0.3 is 9.84 Å². The first-order valence-corrected chi connectivity index (χ1v) is 7.11. The number of hydrogen-bond acceptors (Lipinski definition) is 5. The van der Waals surface area contributed by atoms with Gasteiger partial charge in [-0.2, -0.15) is 4.98 Å². The molecular formula is C14H20N4O. The second-order valence-corrected chi connectivity index (χ2v) is 5.40. The fraction of sp³-hybridized carbons (Fsp3) is 0.643. The molecule has 0 bridgehead atoms. The van der Waals surface area contributed by atoms with Gasteiger partial charge in [0.2, 0.25) is 0 Å². The number of nitrogens with zero attached hydrogens (tertiary/aromatic N) is 3.